The molecule has 6 heteroatoms. The Labute approximate surface area is 163 Å². The summed E-state index contributed by atoms with van der Waals surface area (Å²) in [6, 6.07) is 22.2. The van der Waals surface area contributed by atoms with Gasteiger partial charge in [-0.25, -0.2) is 9.99 Å². The van der Waals surface area contributed by atoms with Crippen molar-refractivity contribution >= 4 is 17.6 Å². The molecule has 0 bridgehead atoms. The molecule has 6 nitrogen and oxygen atoms in total. The smallest absolute Gasteiger partial charge is 0.286 e. The molecule has 1 aliphatic heterocycles. The lowest BCUT2D eigenvalue weighted by atomic mass is 10.0. The van der Waals surface area contributed by atoms with Gasteiger partial charge in [-0.15, -0.1) is 5.10 Å². The third-order valence-corrected chi connectivity index (χ3v) is 4.75. The zero-order valence-corrected chi connectivity index (χ0v) is 15.5. The number of benzene rings is 2. The standard InChI is InChI=1S/C22H21N5O/c1-15-7-5-6-10-18(15)17-11-12-24-19(14-17)27-20(25-22(26-27)21(23)28)13-16-8-3-2-4-9-16/h2-12,14,20H,13H2,1H3,(H2,23,28)(H,25,26). The Morgan fingerprint density at radius 2 is 1.86 bits per heavy atom. The van der Waals surface area contributed by atoms with Crippen molar-refractivity contribution < 1.29 is 4.79 Å². The fraction of sp³-hybridized carbons (Fsp3) is 0.136. The third kappa shape index (κ3) is 3.57. The number of pyridine rings is 1. The largest absolute Gasteiger partial charge is 0.363 e. The van der Waals surface area contributed by atoms with Crippen LogP contribution in [0.15, 0.2) is 78.0 Å². The summed E-state index contributed by atoms with van der Waals surface area (Å²) in [6.45, 7) is 2.08. The Balaban J connectivity index is 1.69. The summed E-state index contributed by atoms with van der Waals surface area (Å²) in [5.74, 6) is 0.213. The minimum Gasteiger partial charge on any atom is -0.363 e. The Bertz CT molecular complexity index is 1030. The average molecular weight is 371 g/mol. The number of hydrogen-bond donors (Lipinski definition) is 2. The second kappa shape index (κ2) is 7.52. The maximum atomic E-state index is 11.7. The molecule has 1 amide bonds. The number of anilines is 1. The van der Waals surface area contributed by atoms with E-state index in [1.54, 1.807) is 11.2 Å². The average Bonchev–Trinajstić information content (AvgIpc) is 3.13. The summed E-state index contributed by atoms with van der Waals surface area (Å²) in [6.07, 6.45) is 2.16. The van der Waals surface area contributed by atoms with Crippen LogP contribution in [0, 0.1) is 6.92 Å². The highest BCUT2D eigenvalue weighted by Crippen LogP contribution is 2.28. The predicted molar refractivity (Wildman–Crippen MR) is 111 cm³/mol. The summed E-state index contributed by atoms with van der Waals surface area (Å²) < 4.78 is 0. The van der Waals surface area contributed by atoms with Gasteiger partial charge in [0.05, 0.1) is 0 Å². The van der Waals surface area contributed by atoms with E-state index in [4.69, 9.17) is 5.73 Å². The van der Waals surface area contributed by atoms with E-state index >= 15 is 0 Å². The quantitative estimate of drug-likeness (QED) is 0.722. The zero-order valence-electron chi connectivity index (χ0n) is 15.5. The Hall–Kier alpha value is -3.67. The second-order valence-corrected chi connectivity index (χ2v) is 6.72. The van der Waals surface area contributed by atoms with E-state index in [9.17, 15) is 4.79 Å². The van der Waals surface area contributed by atoms with Crippen LogP contribution in [-0.2, 0) is 11.2 Å². The number of hydrogen-bond acceptors (Lipinski definition) is 5. The monoisotopic (exact) mass is 371 g/mol. The molecule has 0 saturated carbocycles. The van der Waals surface area contributed by atoms with Gasteiger partial charge < -0.3 is 11.1 Å². The molecule has 28 heavy (non-hydrogen) atoms. The van der Waals surface area contributed by atoms with Crippen molar-refractivity contribution in [2.45, 2.75) is 19.5 Å². The maximum Gasteiger partial charge on any atom is 0.286 e. The Morgan fingerprint density at radius 3 is 2.61 bits per heavy atom. The van der Waals surface area contributed by atoms with E-state index < -0.39 is 5.91 Å². The molecule has 3 aromatic rings. The van der Waals surface area contributed by atoms with Gasteiger partial charge in [0, 0.05) is 12.6 Å². The summed E-state index contributed by atoms with van der Waals surface area (Å²) in [5.41, 5.74) is 9.94. The van der Waals surface area contributed by atoms with Crippen molar-refractivity contribution in [2.75, 3.05) is 5.01 Å². The molecule has 3 N–H and O–H groups in total. The number of hydrazone groups is 1. The van der Waals surface area contributed by atoms with E-state index in [-0.39, 0.29) is 12.0 Å². The number of primary amides is 1. The molecule has 1 unspecified atom stereocenters. The van der Waals surface area contributed by atoms with E-state index in [0.717, 1.165) is 16.7 Å². The van der Waals surface area contributed by atoms with Crippen LogP contribution in [0.2, 0.25) is 0 Å². The van der Waals surface area contributed by atoms with Gasteiger partial charge in [0.2, 0.25) is 5.84 Å². The van der Waals surface area contributed by atoms with Crippen molar-refractivity contribution in [2.24, 2.45) is 10.8 Å². The maximum absolute atomic E-state index is 11.7. The Morgan fingerprint density at radius 1 is 1.11 bits per heavy atom. The topological polar surface area (TPSA) is 83.6 Å². The molecule has 1 atom stereocenters. The van der Waals surface area contributed by atoms with Crippen LogP contribution in [0.25, 0.3) is 11.1 Å². The van der Waals surface area contributed by atoms with Gasteiger partial charge in [-0.2, -0.15) is 0 Å². The summed E-state index contributed by atoms with van der Waals surface area (Å²) in [4.78, 5) is 16.2. The van der Waals surface area contributed by atoms with Crippen LogP contribution >= 0.6 is 0 Å². The third-order valence-electron chi connectivity index (χ3n) is 4.75. The molecule has 0 fully saturated rings. The molecule has 0 saturated heterocycles. The van der Waals surface area contributed by atoms with Crippen LogP contribution in [0.4, 0.5) is 5.82 Å². The van der Waals surface area contributed by atoms with Crippen LogP contribution in [0.1, 0.15) is 11.1 Å². The second-order valence-electron chi connectivity index (χ2n) is 6.72. The van der Waals surface area contributed by atoms with Crippen LogP contribution in [0.3, 0.4) is 0 Å². The van der Waals surface area contributed by atoms with Crippen molar-refractivity contribution in [1.29, 1.82) is 0 Å². The molecule has 0 radical (unpaired) electrons. The molecule has 1 aromatic heterocycles. The number of amides is 1. The van der Waals surface area contributed by atoms with Crippen molar-refractivity contribution in [3.8, 4) is 11.1 Å². The minimum absolute atomic E-state index is 0.143. The number of aromatic nitrogens is 1. The molecular weight excluding hydrogens is 350 g/mol. The predicted octanol–water partition coefficient (Wildman–Crippen LogP) is 2.83. The van der Waals surface area contributed by atoms with Gasteiger partial charge in [-0.05, 0) is 41.3 Å². The van der Waals surface area contributed by atoms with Gasteiger partial charge >= 0.3 is 0 Å². The normalized spacial score (nSPS) is 15.8. The molecule has 1 aliphatic rings. The fourth-order valence-electron chi connectivity index (χ4n) is 3.34. The summed E-state index contributed by atoms with van der Waals surface area (Å²) in [5, 5.41) is 9.24. The highest BCUT2D eigenvalue weighted by Gasteiger charge is 2.30. The van der Waals surface area contributed by atoms with E-state index in [0.29, 0.717) is 12.2 Å². The molecule has 2 aromatic carbocycles. The summed E-state index contributed by atoms with van der Waals surface area (Å²) >= 11 is 0. The molecule has 140 valence electrons. The molecule has 0 spiro atoms. The van der Waals surface area contributed by atoms with E-state index in [2.05, 4.69) is 34.5 Å². The number of carbonyl (C=O) groups excluding carboxylic acids is 1. The first kappa shape index (κ1) is 17.7. The molecule has 2 heterocycles. The summed E-state index contributed by atoms with van der Waals surface area (Å²) in [7, 11) is 0. The number of carbonyl (C=O) groups is 1. The number of rotatable bonds is 5. The van der Waals surface area contributed by atoms with Gasteiger partial charge in [-0.3, -0.25) is 4.79 Å². The minimum atomic E-state index is -0.587. The lowest BCUT2D eigenvalue weighted by molar-refractivity contribution is -0.112. The number of nitrogens with one attached hydrogen (secondary N) is 1. The lowest BCUT2D eigenvalue weighted by Crippen LogP contribution is -2.43. The number of amidine groups is 1. The van der Waals surface area contributed by atoms with Crippen LogP contribution in [0.5, 0.6) is 0 Å². The lowest BCUT2D eigenvalue weighted by Gasteiger charge is -2.23. The first-order valence-electron chi connectivity index (χ1n) is 9.12. The SMILES string of the molecule is Cc1ccccc1-c1ccnc(N2N=C(C(N)=O)NC2Cc2ccccc2)c1. The van der Waals surface area contributed by atoms with E-state index in [1.807, 2.05) is 54.6 Å². The number of nitrogens with zero attached hydrogens (tertiary/aromatic N) is 3. The van der Waals surface area contributed by atoms with Crippen molar-refractivity contribution in [3.63, 3.8) is 0 Å². The fourth-order valence-corrected chi connectivity index (χ4v) is 3.34. The first-order valence-corrected chi connectivity index (χ1v) is 9.12. The zero-order chi connectivity index (χ0) is 19.5. The number of aryl methyl sites for hydroxylation is 1. The van der Waals surface area contributed by atoms with Gasteiger partial charge in [0.15, 0.2) is 5.82 Å². The van der Waals surface area contributed by atoms with Gasteiger partial charge in [0.25, 0.3) is 5.91 Å². The molecular formula is C22H21N5O. The van der Waals surface area contributed by atoms with Gasteiger partial charge in [0.1, 0.15) is 6.17 Å². The van der Waals surface area contributed by atoms with Crippen LogP contribution in [-0.4, -0.2) is 22.9 Å². The van der Waals surface area contributed by atoms with Crippen molar-refractivity contribution in [3.05, 3.63) is 84.1 Å². The van der Waals surface area contributed by atoms with Gasteiger partial charge in [-0.1, -0.05) is 54.6 Å². The molecule has 4 rings (SSSR count). The Kier molecular flexibility index (Phi) is 4.76. The van der Waals surface area contributed by atoms with Crippen molar-refractivity contribution in [1.82, 2.24) is 10.3 Å². The number of nitrogens with two attached hydrogens (primary N) is 1. The first-order chi connectivity index (χ1) is 13.6. The van der Waals surface area contributed by atoms with E-state index in [1.165, 1.54) is 5.56 Å². The highest BCUT2D eigenvalue weighted by molar-refractivity contribution is 6.38. The van der Waals surface area contributed by atoms with Crippen LogP contribution < -0.4 is 16.1 Å². The molecule has 0 aliphatic carbocycles. The highest BCUT2D eigenvalue weighted by atomic mass is 16.1.